The minimum absolute atomic E-state index is 0.0853. The molecule has 2 nitrogen and oxygen atoms in total. The highest BCUT2D eigenvalue weighted by Gasteiger charge is 2.29. The summed E-state index contributed by atoms with van der Waals surface area (Å²) in [6.45, 7) is 2.24. The molecule has 0 amide bonds. The van der Waals surface area contributed by atoms with E-state index in [1.54, 1.807) is 0 Å². The van der Waals surface area contributed by atoms with Gasteiger partial charge in [0.2, 0.25) is 0 Å². The van der Waals surface area contributed by atoms with Gasteiger partial charge in [-0.2, -0.15) is 13.2 Å². The second kappa shape index (κ2) is 15.5. The van der Waals surface area contributed by atoms with Crippen LogP contribution in [0.4, 0.5) is 13.2 Å². The summed E-state index contributed by atoms with van der Waals surface area (Å²) >= 11 is 0. The molecule has 0 rings (SSSR count). The Morgan fingerprint density at radius 3 is 1.62 bits per heavy atom. The van der Waals surface area contributed by atoms with Gasteiger partial charge in [0.15, 0.2) is 6.61 Å². The maximum absolute atomic E-state index is 11.8. The van der Waals surface area contributed by atoms with E-state index in [-0.39, 0.29) is 6.42 Å². The molecule has 24 heavy (non-hydrogen) atoms. The Bertz CT molecular complexity index is 314. The van der Waals surface area contributed by atoms with Gasteiger partial charge in [0.05, 0.1) is 0 Å². The van der Waals surface area contributed by atoms with Gasteiger partial charge in [-0.05, 0) is 19.3 Å². The van der Waals surface area contributed by atoms with Crippen molar-refractivity contribution in [1.29, 1.82) is 0 Å². The molecule has 0 unspecified atom stereocenters. The van der Waals surface area contributed by atoms with Crippen LogP contribution in [0.15, 0.2) is 12.7 Å². The van der Waals surface area contributed by atoms with Crippen molar-refractivity contribution in [2.75, 3.05) is 6.61 Å². The number of esters is 1. The Morgan fingerprint density at radius 2 is 1.21 bits per heavy atom. The fourth-order valence-electron chi connectivity index (χ4n) is 2.56. The fraction of sp³-hybridized carbons (Fsp3) is 0.842. The molecule has 0 N–H and O–H groups in total. The SMILES string of the molecule is C=CCCCCCCCCCCCCCCC(=O)OCC(F)(F)F. The maximum Gasteiger partial charge on any atom is 0.422 e. The van der Waals surface area contributed by atoms with Crippen molar-refractivity contribution in [3.05, 3.63) is 12.7 Å². The lowest BCUT2D eigenvalue weighted by Gasteiger charge is -2.07. The average molecular weight is 350 g/mol. The number of hydrogen-bond donors (Lipinski definition) is 0. The largest absolute Gasteiger partial charge is 0.456 e. The molecule has 0 aliphatic rings. The minimum atomic E-state index is -4.43. The Balaban J connectivity index is 3.17. The van der Waals surface area contributed by atoms with Crippen molar-refractivity contribution >= 4 is 5.97 Å². The summed E-state index contributed by atoms with van der Waals surface area (Å²) < 4.78 is 39.7. The first-order chi connectivity index (χ1) is 11.5. The predicted octanol–water partition coefficient (Wildman–Crippen LogP) is 6.74. The fourth-order valence-corrected chi connectivity index (χ4v) is 2.56. The molecule has 0 radical (unpaired) electrons. The van der Waals surface area contributed by atoms with E-state index in [4.69, 9.17) is 0 Å². The minimum Gasteiger partial charge on any atom is -0.456 e. The Hall–Kier alpha value is -1.00. The first-order valence-corrected chi connectivity index (χ1v) is 9.29. The second-order valence-electron chi connectivity index (χ2n) is 6.35. The molecular weight excluding hydrogens is 317 g/mol. The zero-order valence-electron chi connectivity index (χ0n) is 14.8. The van der Waals surface area contributed by atoms with E-state index in [0.717, 1.165) is 25.7 Å². The van der Waals surface area contributed by atoms with Gasteiger partial charge in [0, 0.05) is 6.42 Å². The average Bonchev–Trinajstić information content (AvgIpc) is 2.52. The summed E-state index contributed by atoms with van der Waals surface area (Å²) in [5, 5.41) is 0. The molecule has 5 heteroatoms. The first kappa shape index (κ1) is 23.0. The highest BCUT2D eigenvalue weighted by molar-refractivity contribution is 5.69. The molecule has 0 aliphatic heterocycles. The summed E-state index contributed by atoms with van der Waals surface area (Å²) in [6.07, 6.45) is 12.7. The van der Waals surface area contributed by atoms with Gasteiger partial charge >= 0.3 is 12.1 Å². The number of carbonyl (C=O) groups is 1. The second-order valence-corrected chi connectivity index (χ2v) is 6.35. The topological polar surface area (TPSA) is 26.3 Å². The Morgan fingerprint density at radius 1 is 0.792 bits per heavy atom. The summed E-state index contributed by atoms with van der Waals surface area (Å²) in [7, 11) is 0. The zero-order valence-corrected chi connectivity index (χ0v) is 14.8. The van der Waals surface area contributed by atoms with Crippen LogP contribution in [0.3, 0.4) is 0 Å². The molecule has 0 aromatic heterocycles. The monoisotopic (exact) mass is 350 g/mol. The molecule has 0 heterocycles. The molecule has 0 saturated carbocycles. The van der Waals surface area contributed by atoms with Crippen LogP contribution in [-0.4, -0.2) is 18.8 Å². The molecule has 0 fully saturated rings. The van der Waals surface area contributed by atoms with Crippen molar-refractivity contribution in [2.45, 2.75) is 96.1 Å². The van der Waals surface area contributed by atoms with E-state index in [9.17, 15) is 18.0 Å². The lowest BCUT2D eigenvalue weighted by molar-refractivity contribution is -0.186. The molecule has 0 spiro atoms. The van der Waals surface area contributed by atoms with Crippen molar-refractivity contribution < 1.29 is 22.7 Å². The Kier molecular flexibility index (Phi) is 14.9. The summed E-state index contributed by atoms with van der Waals surface area (Å²) in [4.78, 5) is 11.1. The highest BCUT2D eigenvalue weighted by Crippen LogP contribution is 2.16. The number of alkyl halides is 3. The molecule has 0 bridgehead atoms. The van der Waals surface area contributed by atoms with Gasteiger partial charge in [0.25, 0.3) is 0 Å². The number of hydrogen-bond acceptors (Lipinski definition) is 2. The number of allylic oxidation sites excluding steroid dienone is 1. The molecule has 0 aliphatic carbocycles. The number of unbranched alkanes of at least 4 members (excludes halogenated alkanes) is 12. The summed E-state index contributed by atoms with van der Waals surface area (Å²) in [6, 6.07) is 0. The highest BCUT2D eigenvalue weighted by atomic mass is 19.4. The van der Waals surface area contributed by atoms with Crippen LogP contribution in [0.1, 0.15) is 89.9 Å². The van der Waals surface area contributed by atoms with E-state index in [1.165, 1.54) is 51.4 Å². The third-order valence-corrected chi connectivity index (χ3v) is 3.94. The van der Waals surface area contributed by atoms with Gasteiger partial charge in [-0.1, -0.05) is 70.3 Å². The number of halogens is 3. The molecule has 0 aromatic rings. The van der Waals surface area contributed by atoms with E-state index in [0.29, 0.717) is 6.42 Å². The third-order valence-electron chi connectivity index (χ3n) is 3.94. The summed E-state index contributed by atoms with van der Waals surface area (Å²) in [5.41, 5.74) is 0. The van der Waals surface area contributed by atoms with Crippen LogP contribution in [0.25, 0.3) is 0 Å². The van der Waals surface area contributed by atoms with Crippen molar-refractivity contribution in [1.82, 2.24) is 0 Å². The van der Waals surface area contributed by atoms with E-state index < -0.39 is 18.8 Å². The van der Waals surface area contributed by atoms with Crippen LogP contribution in [-0.2, 0) is 9.53 Å². The molecule has 0 saturated heterocycles. The van der Waals surface area contributed by atoms with Gasteiger partial charge in [-0.3, -0.25) is 4.79 Å². The zero-order chi connectivity index (χ0) is 18.1. The molecule has 142 valence electrons. The summed E-state index contributed by atoms with van der Waals surface area (Å²) in [5.74, 6) is -0.750. The normalized spacial score (nSPS) is 11.5. The van der Waals surface area contributed by atoms with Crippen molar-refractivity contribution in [2.24, 2.45) is 0 Å². The lowest BCUT2D eigenvalue weighted by Crippen LogP contribution is -2.20. The maximum atomic E-state index is 11.8. The predicted molar refractivity (Wildman–Crippen MR) is 91.8 cm³/mol. The smallest absolute Gasteiger partial charge is 0.422 e. The van der Waals surface area contributed by atoms with E-state index in [2.05, 4.69) is 11.3 Å². The standard InChI is InChI=1S/C19H33F3O2/c1-2-3-4-5-6-7-8-9-10-11-12-13-14-15-16-18(23)24-17-19(20,21)22/h2H,1,3-17H2. The quantitative estimate of drug-likeness (QED) is 0.175. The van der Waals surface area contributed by atoms with Gasteiger partial charge < -0.3 is 4.74 Å². The van der Waals surface area contributed by atoms with Gasteiger partial charge in [0.1, 0.15) is 0 Å². The Labute approximate surface area is 144 Å². The molecule has 0 atom stereocenters. The van der Waals surface area contributed by atoms with Crippen LogP contribution in [0.5, 0.6) is 0 Å². The van der Waals surface area contributed by atoms with Gasteiger partial charge in [-0.15, -0.1) is 6.58 Å². The third kappa shape index (κ3) is 19.0. The van der Waals surface area contributed by atoms with Crippen molar-refractivity contribution in [3.63, 3.8) is 0 Å². The number of carbonyl (C=O) groups excluding carboxylic acids is 1. The molecule has 0 aromatic carbocycles. The van der Waals surface area contributed by atoms with Crippen LogP contribution in [0.2, 0.25) is 0 Å². The number of rotatable bonds is 16. The van der Waals surface area contributed by atoms with E-state index in [1.807, 2.05) is 6.08 Å². The first-order valence-electron chi connectivity index (χ1n) is 9.29. The van der Waals surface area contributed by atoms with Crippen molar-refractivity contribution in [3.8, 4) is 0 Å². The molecular formula is C19H33F3O2. The van der Waals surface area contributed by atoms with E-state index >= 15 is 0 Å². The van der Waals surface area contributed by atoms with Crippen LogP contribution >= 0.6 is 0 Å². The van der Waals surface area contributed by atoms with Crippen LogP contribution < -0.4 is 0 Å². The number of ether oxygens (including phenoxy) is 1. The lowest BCUT2D eigenvalue weighted by atomic mass is 10.0. The van der Waals surface area contributed by atoms with Gasteiger partial charge in [-0.25, -0.2) is 0 Å². The van der Waals surface area contributed by atoms with Crippen LogP contribution in [0, 0.1) is 0 Å².